The van der Waals surface area contributed by atoms with Crippen LogP contribution in [0.3, 0.4) is 0 Å². The Kier molecular flexibility index (Phi) is 5.38. The first-order valence-corrected chi connectivity index (χ1v) is 5.75. The van der Waals surface area contributed by atoms with Crippen molar-refractivity contribution in [2.75, 3.05) is 27.2 Å². The molecule has 1 rings (SSSR count). The largest absolute Gasteiger partial charge is 0.493 e. The Morgan fingerprint density at radius 1 is 1.41 bits per heavy atom. The zero-order valence-electron chi connectivity index (χ0n) is 10.6. The molecule has 0 unspecified atom stereocenters. The Balaban J connectivity index is 2.59. The minimum Gasteiger partial charge on any atom is -0.493 e. The third-order valence-corrected chi connectivity index (χ3v) is 2.43. The van der Waals surface area contributed by atoms with Crippen LogP contribution < -0.4 is 4.74 Å². The van der Waals surface area contributed by atoms with Gasteiger partial charge >= 0.3 is 0 Å². The predicted octanol–water partition coefficient (Wildman–Crippen LogP) is 2.21. The molecule has 0 radical (unpaired) electrons. The van der Waals surface area contributed by atoms with Crippen LogP contribution >= 0.6 is 0 Å². The summed E-state index contributed by atoms with van der Waals surface area (Å²) in [6, 6.07) is 4.20. The molecule has 3 nitrogen and oxygen atoms in total. The van der Waals surface area contributed by atoms with Gasteiger partial charge in [0.15, 0.2) is 0 Å². The average Bonchev–Trinajstić information content (AvgIpc) is 2.23. The monoisotopic (exact) mass is 241 g/mol. The molecule has 1 aromatic rings. The molecular formula is C13H20FNO2. The second-order valence-electron chi connectivity index (χ2n) is 4.36. The summed E-state index contributed by atoms with van der Waals surface area (Å²) < 4.78 is 18.6. The Hall–Kier alpha value is -1.13. The van der Waals surface area contributed by atoms with Gasteiger partial charge < -0.3 is 14.7 Å². The summed E-state index contributed by atoms with van der Waals surface area (Å²) in [5.41, 5.74) is 0.622. The van der Waals surface area contributed by atoms with Gasteiger partial charge in [-0.1, -0.05) is 0 Å². The summed E-state index contributed by atoms with van der Waals surface area (Å²) in [6.07, 6.45) is 0.211. The van der Waals surface area contributed by atoms with Crippen molar-refractivity contribution < 1.29 is 14.2 Å². The first-order chi connectivity index (χ1) is 8.00. The Morgan fingerprint density at radius 2 is 2.12 bits per heavy atom. The van der Waals surface area contributed by atoms with E-state index in [-0.39, 0.29) is 5.82 Å². The normalized spacial score (nSPS) is 12.8. The smallest absolute Gasteiger partial charge is 0.127 e. The molecule has 0 aliphatic rings. The van der Waals surface area contributed by atoms with Crippen LogP contribution in [0.25, 0.3) is 0 Å². The summed E-state index contributed by atoms with van der Waals surface area (Å²) in [5.74, 6) is 0.0794. The topological polar surface area (TPSA) is 32.7 Å². The fraction of sp³-hybridized carbons (Fsp3) is 0.538. The van der Waals surface area contributed by atoms with Crippen LogP contribution in [0, 0.1) is 5.82 Å². The van der Waals surface area contributed by atoms with Crippen molar-refractivity contribution >= 4 is 0 Å². The van der Waals surface area contributed by atoms with E-state index >= 15 is 0 Å². The van der Waals surface area contributed by atoms with Gasteiger partial charge in [-0.05, 0) is 39.6 Å². The maximum atomic E-state index is 13.1. The molecule has 0 fully saturated rings. The molecule has 0 spiro atoms. The number of aliphatic hydroxyl groups is 1. The summed E-state index contributed by atoms with van der Waals surface area (Å²) >= 11 is 0. The molecule has 0 saturated heterocycles. The Morgan fingerprint density at radius 3 is 2.71 bits per heavy atom. The molecule has 0 heterocycles. The fourth-order valence-corrected chi connectivity index (χ4v) is 1.54. The molecule has 0 aliphatic carbocycles. The molecule has 17 heavy (non-hydrogen) atoms. The number of halogens is 1. The fourth-order valence-electron chi connectivity index (χ4n) is 1.54. The van der Waals surface area contributed by atoms with Gasteiger partial charge in [-0.25, -0.2) is 4.39 Å². The van der Waals surface area contributed by atoms with E-state index in [2.05, 4.69) is 4.90 Å². The summed E-state index contributed by atoms with van der Waals surface area (Å²) in [5, 5.41) is 9.53. The van der Waals surface area contributed by atoms with Gasteiger partial charge in [-0.15, -0.1) is 0 Å². The lowest BCUT2D eigenvalue weighted by Crippen LogP contribution is -2.16. The molecule has 1 atom stereocenters. The van der Waals surface area contributed by atoms with Gasteiger partial charge in [-0.3, -0.25) is 0 Å². The van der Waals surface area contributed by atoms with Crippen LogP contribution in [0.2, 0.25) is 0 Å². The molecular weight excluding hydrogens is 221 g/mol. The highest BCUT2D eigenvalue weighted by molar-refractivity contribution is 5.35. The maximum absolute atomic E-state index is 13.1. The van der Waals surface area contributed by atoms with Crippen LogP contribution in [0.5, 0.6) is 5.75 Å². The Bertz CT molecular complexity index is 353. The van der Waals surface area contributed by atoms with Gasteiger partial charge in [0.05, 0.1) is 12.7 Å². The van der Waals surface area contributed by atoms with Crippen molar-refractivity contribution in [3.05, 3.63) is 29.6 Å². The lowest BCUT2D eigenvalue weighted by molar-refractivity contribution is 0.189. The van der Waals surface area contributed by atoms with Crippen molar-refractivity contribution in [1.29, 1.82) is 0 Å². The Labute approximate surface area is 102 Å². The second-order valence-corrected chi connectivity index (χ2v) is 4.36. The van der Waals surface area contributed by atoms with Crippen molar-refractivity contribution in [1.82, 2.24) is 4.90 Å². The highest BCUT2D eigenvalue weighted by Crippen LogP contribution is 2.26. The van der Waals surface area contributed by atoms with E-state index in [0.29, 0.717) is 17.9 Å². The highest BCUT2D eigenvalue weighted by Gasteiger charge is 2.10. The zero-order chi connectivity index (χ0) is 12.8. The van der Waals surface area contributed by atoms with Crippen molar-refractivity contribution in [2.45, 2.75) is 19.4 Å². The molecule has 4 heteroatoms. The molecule has 0 bridgehead atoms. The molecule has 0 saturated carbocycles. The number of benzene rings is 1. The van der Waals surface area contributed by atoms with Crippen LogP contribution in [-0.2, 0) is 0 Å². The van der Waals surface area contributed by atoms with Crippen molar-refractivity contribution in [2.24, 2.45) is 0 Å². The highest BCUT2D eigenvalue weighted by atomic mass is 19.1. The van der Waals surface area contributed by atoms with Gasteiger partial charge in [0.1, 0.15) is 11.6 Å². The van der Waals surface area contributed by atoms with E-state index in [0.717, 1.165) is 13.0 Å². The predicted molar refractivity (Wildman–Crippen MR) is 65.7 cm³/mol. The minimum absolute atomic E-state index is 0.350. The standard InChI is InChI=1S/C13H20FNO2/c1-10(16)12-6-5-11(14)9-13(12)17-8-4-7-15(2)3/h5-6,9-10,16H,4,7-8H2,1-3H3/t10-/m1/s1. The van der Waals surface area contributed by atoms with Gasteiger partial charge in [0.2, 0.25) is 0 Å². The van der Waals surface area contributed by atoms with E-state index in [9.17, 15) is 9.50 Å². The molecule has 1 N–H and O–H groups in total. The van der Waals surface area contributed by atoms with E-state index in [4.69, 9.17) is 4.74 Å². The number of hydrogen-bond donors (Lipinski definition) is 1. The van der Waals surface area contributed by atoms with Crippen molar-refractivity contribution in [3.8, 4) is 5.75 Å². The molecule has 0 aliphatic heterocycles. The zero-order valence-corrected chi connectivity index (χ0v) is 10.6. The van der Waals surface area contributed by atoms with Gasteiger partial charge in [0, 0.05) is 18.2 Å². The lowest BCUT2D eigenvalue weighted by atomic mass is 10.1. The van der Waals surface area contributed by atoms with Crippen LogP contribution in [0.15, 0.2) is 18.2 Å². The molecule has 1 aromatic carbocycles. The van der Waals surface area contributed by atoms with Crippen molar-refractivity contribution in [3.63, 3.8) is 0 Å². The van der Waals surface area contributed by atoms with E-state index in [1.165, 1.54) is 12.1 Å². The molecule has 0 amide bonds. The number of ether oxygens (including phenoxy) is 1. The van der Waals surface area contributed by atoms with Crippen LogP contribution in [0.4, 0.5) is 4.39 Å². The maximum Gasteiger partial charge on any atom is 0.127 e. The third kappa shape index (κ3) is 4.71. The summed E-state index contributed by atoms with van der Waals surface area (Å²) in [6.45, 7) is 3.07. The van der Waals surface area contributed by atoms with E-state index < -0.39 is 6.10 Å². The third-order valence-electron chi connectivity index (χ3n) is 2.43. The van der Waals surface area contributed by atoms with Crippen LogP contribution in [0.1, 0.15) is 25.0 Å². The summed E-state index contributed by atoms with van der Waals surface area (Å²) in [7, 11) is 3.98. The second kappa shape index (κ2) is 6.57. The first kappa shape index (κ1) is 13.9. The quantitative estimate of drug-likeness (QED) is 0.775. The molecule has 96 valence electrons. The molecule has 0 aromatic heterocycles. The SMILES string of the molecule is C[C@@H](O)c1ccc(F)cc1OCCCN(C)C. The van der Waals surface area contributed by atoms with E-state index in [1.54, 1.807) is 13.0 Å². The summed E-state index contributed by atoms with van der Waals surface area (Å²) in [4.78, 5) is 2.06. The number of rotatable bonds is 6. The van der Waals surface area contributed by atoms with E-state index in [1.807, 2.05) is 14.1 Å². The number of aliphatic hydroxyl groups excluding tert-OH is 1. The average molecular weight is 241 g/mol. The lowest BCUT2D eigenvalue weighted by Gasteiger charge is -2.14. The first-order valence-electron chi connectivity index (χ1n) is 5.75. The van der Waals surface area contributed by atoms with Crippen LogP contribution in [-0.4, -0.2) is 37.3 Å². The number of hydrogen-bond acceptors (Lipinski definition) is 3. The number of nitrogens with zero attached hydrogens (tertiary/aromatic N) is 1. The van der Waals surface area contributed by atoms with Gasteiger partial charge in [0.25, 0.3) is 0 Å². The minimum atomic E-state index is -0.653. The van der Waals surface area contributed by atoms with Gasteiger partial charge in [-0.2, -0.15) is 0 Å².